The highest BCUT2D eigenvalue weighted by atomic mass is 16.6. The van der Waals surface area contributed by atoms with E-state index < -0.39 is 41.6 Å². The average molecular weight is 434 g/mol. The highest BCUT2D eigenvalue weighted by Gasteiger charge is 2.39. The van der Waals surface area contributed by atoms with Crippen LogP contribution in [-0.4, -0.2) is 71.2 Å². The molecule has 2 rings (SSSR count). The Bertz CT molecular complexity index is 829. The van der Waals surface area contributed by atoms with E-state index in [1.165, 1.54) is 18.9 Å². The molecule has 2 N–H and O–H groups in total. The number of benzene rings is 1. The van der Waals surface area contributed by atoms with Gasteiger partial charge in [0, 0.05) is 26.3 Å². The van der Waals surface area contributed by atoms with E-state index in [0.29, 0.717) is 11.1 Å². The largest absolute Gasteiger partial charge is 0.467 e. The Labute approximate surface area is 181 Å². The zero-order valence-electron chi connectivity index (χ0n) is 18.5. The molecule has 0 unspecified atom stereocenters. The van der Waals surface area contributed by atoms with Gasteiger partial charge in [0.1, 0.15) is 17.7 Å². The number of methoxy groups -OCH3 is 1. The van der Waals surface area contributed by atoms with Gasteiger partial charge in [-0.3, -0.25) is 9.59 Å². The number of ether oxygens (including phenoxy) is 2. The van der Waals surface area contributed by atoms with Crippen LogP contribution in [0, 0.1) is 0 Å². The molecule has 0 aromatic heterocycles. The molecule has 0 bridgehead atoms. The molecule has 0 spiro atoms. The summed E-state index contributed by atoms with van der Waals surface area (Å²) >= 11 is 0. The summed E-state index contributed by atoms with van der Waals surface area (Å²) in [5.41, 5.74) is 0.449. The molecule has 1 aliphatic heterocycles. The van der Waals surface area contributed by atoms with Crippen LogP contribution < -0.4 is 5.32 Å². The summed E-state index contributed by atoms with van der Waals surface area (Å²) < 4.78 is 10.1. The molecule has 0 saturated carbocycles. The van der Waals surface area contributed by atoms with Crippen LogP contribution in [0.1, 0.15) is 50.0 Å². The van der Waals surface area contributed by atoms with E-state index >= 15 is 0 Å². The number of β-amino-alcohol motifs (C(OH)–C–C–N with tert-alkyl or cyclic N) is 1. The van der Waals surface area contributed by atoms with Crippen molar-refractivity contribution in [2.24, 2.45) is 0 Å². The first-order chi connectivity index (χ1) is 14.4. The van der Waals surface area contributed by atoms with Crippen LogP contribution in [0.5, 0.6) is 0 Å². The summed E-state index contributed by atoms with van der Waals surface area (Å²) in [5.74, 6) is -1.96. The summed E-state index contributed by atoms with van der Waals surface area (Å²) in [6.07, 6.45) is -0.566. The monoisotopic (exact) mass is 434 g/mol. The SMILES string of the molecule is COC(=O)[C@@H](Cc1ccc(C(=O)OC(C)(C)C)cc1)NC(=O)[C@@H]1C[C@@H](O)CN1C(C)=O. The minimum atomic E-state index is -0.989. The number of rotatable bonds is 6. The van der Waals surface area contributed by atoms with Crippen molar-refractivity contribution in [1.82, 2.24) is 10.2 Å². The fraction of sp³-hybridized carbons (Fsp3) is 0.545. The van der Waals surface area contributed by atoms with Crippen molar-refractivity contribution in [2.75, 3.05) is 13.7 Å². The number of hydrogen-bond acceptors (Lipinski definition) is 7. The molecule has 170 valence electrons. The Hall–Kier alpha value is -2.94. The number of amides is 2. The van der Waals surface area contributed by atoms with Crippen LogP contribution in [0.25, 0.3) is 0 Å². The molecule has 1 fully saturated rings. The van der Waals surface area contributed by atoms with Crippen LogP contribution in [0.3, 0.4) is 0 Å². The van der Waals surface area contributed by atoms with Crippen molar-refractivity contribution in [1.29, 1.82) is 0 Å². The number of aliphatic hydroxyl groups excluding tert-OH is 1. The Morgan fingerprint density at radius 1 is 1.19 bits per heavy atom. The lowest BCUT2D eigenvalue weighted by molar-refractivity contribution is -0.146. The number of esters is 2. The van der Waals surface area contributed by atoms with E-state index in [9.17, 15) is 24.3 Å². The topological polar surface area (TPSA) is 122 Å². The summed E-state index contributed by atoms with van der Waals surface area (Å²) in [4.78, 5) is 50.1. The number of carbonyl (C=O) groups is 4. The third-order valence-electron chi connectivity index (χ3n) is 4.82. The Morgan fingerprint density at radius 3 is 2.32 bits per heavy atom. The van der Waals surface area contributed by atoms with E-state index in [1.54, 1.807) is 45.0 Å². The lowest BCUT2D eigenvalue weighted by Gasteiger charge is -2.24. The third-order valence-corrected chi connectivity index (χ3v) is 4.82. The van der Waals surface area contributed by atoms with Gasteiger partial charge in [-0.15, -0.1) is 0 Å². The van der Waals surface area contributed by atoms with Gasteiger partial charge in [0.25, 0.3) is 0 Å². The molecule has 3 atom stereocenters. The number of likely N-dealkylation sites (tertiary alicyclic amines) is 1. The maximum absolute atomic E-state index is 12.7. The van der Waals surface area contributed by atoms with Gasteiger partial charge >= 0.3 is 11.9 Å². The first-order valence-corrected chi connectivity index (χ1v) is 10.1. The molecule has 9 heteroatoms. The van der Waals surface area contributed by atoms with Gasteiger partial charge in [-0.05, 0) is 38.5 Å². The molecule has 1 aromatic carbocycles. The van der Waals surface area contributed by atoms with E-state index in [1.807, 2.05) is 0 Å². The molecule has 0 radical (unpaired) electrons. The summed E-state index contributed by atoms with van der Waals surface area (Å²) in [6.45, 7) is 6.73. The highest BCUT2D eigenvalue weighted by Crippen LogP contribution is 2.19. The smallest absolute Gasteiger partial charge is 0.338 e. The van der Waals surface area contributed by atoms with Gasteiger partial charge in [-0.25, -0.2) is 9.59 Å². The maximum Gasteiger partial charge on any atom is 0.338 e. The number of hydrogen-bond donors (Lipinski definition) is 2. The second-order valence-corrected chi connectivity index (χ2v) is 8.56. The third kappa shape index (κ3) is 6.78. The number of nitrogens with zero attached hydrogens (tertiary/aromatic N) is 1. The Morgan fingerprint density at radius 2 is 1.81 bits per heavy atom. The van der Waals surface area contributed by atoms with Crippen molar-refractivity contribution in [2.45, 2.75) is 64.3 Å². The molecule has 31 heavy (non-hydrogen) atoms. The van der Waals surface area contributed by atoms with Gasteiger partial charge < -0.3 is 24.8 Å². The zero-order valence-corrected chi connectivity index (χ0v) is 18.5. The Balaban J connectivity index is 2.10. The molecule has 1 heterocycles. The van der Waals surface area contributed by atoms with E-state index in [0.717, 1.165) is 0 Å². The fourth-order valence-corrected chi connectivity index (χ4v) is 3.36. The van der Waals surface area contributed by atoms with Crippen molar-refractivity contribution >= 4 is 23.8 Å². The normalized spacial score (nSPS) is 19.5. The number of aliphatic hydroxyl groups is 1. The van der Waals surface area contributed by atoms with E-state index in [-0.39, 0.29) is 25.3 Å². The van der Waals surface area contributed by atoms with Crippen molar-refractivity contribution in [3.8, 4) is 0 Å². The van der Waals surface area contributed by atoms with Gasteiger partial charge in [0.2, 0.25) is 11.8 Å². The lowest BCUT2D eigenvalue weighted by atomic mass is 10.0. The van der Waals surface area contributed by atoms with Crippen LogP contribution in [-0.2, 0) is 30.3 Å². The van der Waals surface area contributed by atoms with Crippen LogP contribution in [0.4, 0.5) is 0 Å². The van der Waals surface area contributed by atoms with E-state index in [4.69, 9.17) is 9.47 Å². The van der Waals surface area contributed by atoms with Crippen molar-refractivity contribution < 1.29 is 33.8 Å². The summed E-state index contributed by atoms with van der Waals surface area (Å²) in [5, 5.41) is 12.5. The van der Waals surface area contributed by atoms with Gasteiger partial charge in [0.05, 0.1) is 18.8 Å². The minimum Gasteiger partial charge on any atom is -0.467 e. The number of nitrogens with one attached hydrogen (secondary N) is 1. The molecular formula is C22H30N2O7. The second-order valence-electron chi connectivity index (χ2n) is 8.56. The zero-order chi connectivity index (χ0) is 23.3. The predicted molar refractivity (Wildman–Crippen MR) is 111 cm³/mol. The van der Waals surface area contributed by atoms with Crippen LogP contribution in [0.15, 0.2) is 24.3 Å². The fourth-order valence-electron chi connectivity index (χ4n) is 3.36. The molecular weight excluding hydrogens is 404 g/mol. The predicted octanol–water partition coefficient (Wildman–Crippen LogP) is 0.824. The summed E-state index contributed by atoms with van der Waals surface area (Å²) in [7, 11) is 1.22. The second kappa shape index (κ2) is 9.91. The molecule has 1 saturated heterocycles. The molecule has 1 aliphatic rings. The first-order valence-electron chi connectivity index (χ1n) is 10.1. The first kappa shape index (κ1) is 24.3. The molecule has 2 amide bonds. The Kier molecular flexibility index (Phi) is 7.78. The molecule has 9 nitrogen and oxygen atoms in total. The maximum atomic E-state index is 12.7. The average Bonchev–Trinajstić information content (AvgIpc) is 3.08. The summed E-state index contributed by atoms with van der Waals surface area (Å²) in [6, 6.07) is 4.67. The van der Waals surface area contributed by atoms with Crippen molar-refractivity contribution in [3.63, 3.8) is 0 Å². The van der Waals surface area contributed by atoms with Gasteiger partial charge in [-0.1, -0.05) is 12.1 Å². The van der Waals surface area contributed by atoms with Crippen LogP contribution in [0.2, 0.25) is 0 Å². The van der Waals surface area contributed by atoms with Gasteiger partial charge in [-0.2, -0.15) is 0 Å². The number of carbonyl (C=O) groups excluding carboxylic acids is 4. The van der Waals surface area contributed by atoms with Crippen LogP contribution >= 0.6 is 0 Å². The molecule has 1 aromatic rings. The molecule has 0 aliphatic carbocycles. The quantitative estimate of drug-likeness (QED) is 0.636. The lowest BCUT2D eigenvalue weighted by Crippen LogP contribution is -2.51. The van der Waals surface area contributed by atoms with Gasteiger partial charge in [0.15, 0.2) is 0 Å². The minimum absolute atomic E-state index is 0.0719. The highest BCUT2D eigenvalue weighted by molar-refractivity contribution is 5.91. The standard InChI is InChI=1S/C22H30N2O7/c1-13(25)24-12-16(26)11-18(24)19(27)23-17(21(29)30-5)10-14-6-8-15(9-7-14)20(28)31-22(2,3)4/h6-9,16-18,26H,10-12H2,1-5H3,(H,23,27)/t16-,17-,18+/m1/s1. The van der Waals surface area contributed by atoms with E-state index in [2.05, 4.69) is 5.32 Å². The van der Waals surface area contributed by atoms with Crippen molar-refractivity contribution in [3.05, 3.63) is 35.4 Å².